The monoisotopic (exact) mass is 336 g/mol. The number of rotatable bonds is 6. The molecule has 3 nitrogen and oxygen atoms in total. The third-order valence-corrected chi connectivity index (χ3v) is 5.48. The molecule has 0 radical (unpaired) electrons. The molecule has 3 heteroatoms. The highest BCUT2D eigenvalue weighted by Gasteiger charge is 2.54. The molecule has 0 unspecified atom stereocenters. The number of ether oxygens (including phenoxy) is 1. The van der Waals surface area contributed by atoms with Crippen molar-refractivity contribution in [1.29, 1.82) is 0 Å². The van der Waals surface area contributed by atoms with Gasteiger partial charge in [0.2, 0.25) is 0 Å². The van der Waals surface area contributed by atoms with Crippen LogP contribution in [0.4, 0.5) is 0 Å². The molecule has 2 atom stereocenters. The first-order valence-corrected chi connectivity index (χ1v) is 9.67. The Morgan fingerprint density at radius 2 is 1.46 bits per heavy atom. The highest BCUT2D eigenvalue weighted by Crippen LogP contribution is 2.47. The second-order valence-corrected chi connectivity index (χ2v) is 7.15. The van der Waals surface area contributed by atoms with Crippen molar-refractivity contribution in [3.63, 3.8) is 0 Å². The first kappa shape index (κ1) is 21.0. The van der Waals surface area contributed by atoms with Gasteiger partial charge < -0.3 is 9.84 Å². The van der Waals surface area contributed by atoms with Crippen molar-refractivity contribution in [1.82, 2.24) is 0 Å². The quantitative estimate of drug-likeness (QED) is 0.526. The van der Waals surface area contributed by atoms with Crippen LogP contribution in [0.2, 0.25) is 0 Å². The van der Waals surface area contributed by atoms with Crippen molar-refractivity contribution in [3.05, 3.63) is 25.3 Å². The molecule has 0 aromatic rings. The SMILES string of the molecule is C=CC[C@@]1(O)CCCCCCCCCC[C@@]1(CC=C)C(=O)OCC. The first-order chi connectivity index (χ1) is 11.6. The van der Waals surface area contributed by atoms with Gasteiger partial charge in [-0.1, -0.05) is 63.5 Å². The number of hydrogen-bond donors (Lipinski definition) is 1. The molecule has 1 aliphatic rings. The summed E-state index contributed by atoms with van der Waals surface area (Å²) in [6.07, 6.45) is 14.7. The maximum Gasteiger partial charge on any atom is 0.315 e. The smallest absolute Gasteiger partial charge is 0.315 e. The summed E-state index contributed by atoms with van der Waals surface area (Å²) in [5.74, 6) is -0.272. The Hall–Kier alpha value is -1.09. The summed E-state index contributed by atoms with van der Waals surface area (Å²) < 4.78 is 5.42. The molecule has 138 valence electrons. The molecule has 0 bridgehead atoms. The minimum Gasteiger partial charge on any atom is -0.465 e. The second-order valence-electron chi connectivity index (χ2n) is 7.15. The molecule has 1 aliphatic carbocycles. The Morgan fingerprint density at radius 3 is 1.96 bits per heavy atom. The van der Waals surface area contributed by atoms with E-state index >= 15 is 0 Å². The Bertz CT molecular complexity index is 404. The van der Waals surface area contributed by atoms with Gasteiger partial charge in [0.05, 0.1) is 12.2 Å². The van der Waals surface area contributed by atoms with E-state index in [0.717, 1.165) is 25.7 Å². The van der Waals surface area contributed by atoms with Gasteiger partial charge >= 0.3 is 5.97 Å². The van der Waals surface area contributed by atoms with Crippen LogP contribution >= 0.6 is 0 Å². The Labute approximate surface area is 148 Å². The number of carbonyl (C=O) groups excluding carboxylic acids is 1. The van der Waals surface area contributed by atoms with E-state index < -0.39 is 11.0 Å². The average molecular weight is 337 g/mol. The van der Waals surface area contributed by atoms with Crippen LogP contribution in [-0.2, 0) is 9.53 Å². The molecule has 24 heavy (non-hydrogen) atoms. The van der Waals surface area contributed by atoms with Crippen LogP contribution in [0.1, 0.15) is 84.0 Å². The number of esters is 1. The van der Waals surface area contributed by atoms with Crippen LogP contribution in [0.5, 0.6) is 0 Å². The fourth-order valence-corrected chi connectivity index (χ4v) is 4.10. The van der Waals surface area contributed by atoms with Crippen LogP contribution in [0, 0.1) is 5.41 Å². The molecule has 0 spiro atoms. The molecule has 0 aromatic heterocycles. The van der Waals surface area contributed by atoms with Gasteiger partial charge in [-0.25, -0.2) is 0 Å². The average Bonchev–Trinajstić information content (AvgIpc) is 2.54. The van der Waals surface area contributed by atoms with Gasteiger partial charge in [-0.05, 0) is 32.6 Å². The largest absolute Gasteiger partial charge is 0.465 e. The molecule has 0 heterocycles. The van der Waals surface area contributed by atoms with Crippen molar-refractivity contribution in [2.75, 3.05) is 6.61 Å². The molecule has 0 saturated heterocycles. The van der Waals surface area contributed by atoms with Gasteiger partial charge in [-0.15, -0.1) is 13.2 Å². The predicted octanol–water partition coefficient (Wildman–Crippen LogP) is 5.33. The van der Waals surface area contributed by atoms with E-state index in [2.05, 4.69) is 13.2 Å². The summed E-state index contributed by atoms with van der Waals surface area (Å²) in [6, 6.07) is 0. The van der Waals surface area contributed by atoms with E-state index in [1.807, 2.05) is 6.92 Å². The lowest BCUT2D eigenvalue weighted by atomic mass is 9.63. The van der Waals surface area contributed by atoms with Gasteiger partial charge in [0.15, 0.2) is 0 Å². The standard InChI is InChI=1S/C21H36O3/c1-4-15-20(19(22)24-6-3)17-13-11-9-7-8-10-12-14-18-21(20,23)16-5-2/h4-5,23H,1-2,6-18H2,3H3/t20-,21+/m0/s1. The third kappa shape index (κ3) is 5.20. The maximum atomic E-state index is 13.0. The first-order valence-electron chi connectivity index (χ1n) is 9.67. The van der Waals surface area contributed by atoms with Gasteiger partial charge in [0, 0.05) is 0 Å². The molecule has 1 fully saturated rings. The summed E-state index contributed by atoms with van der Waals surface area (Å²) in [6.45, 7) is 9.83. The zero-order valence-corrected chi connectivity index (χ0v) is 15.5. The van der Waals surface area contributed by atoms with Gasteiger partial charge in [0.1, 0.15) is 5.41 Å². The maximum absolute atomic E-state index is 13.0. The molecule has 0 aliphatic heterocycles. The zero-order chi connectivity index (χ0) is 17.9. The van der Waals surface area contributed by atoms with Gasteiger partial charge in [0.25, 0.3) is 0 Å². The minimum absolute atomic E-state index is 0.272. The third-order valence-electron chi connectivity index (χ3n) is 5.48. The topological polar surface area (TPSA) is 46.5 Å². The summed E-state index contributed by atoms with van der Waals surface area (Å²) in [7, 11) is 0. The zero-order valence-electron chi connectivity index (χ0n) is 15.5. The van der Waals surface area contributed by atoms with Gasteiger partial charge in [-0.3, -0.25) is 4.79 Å². The molecular weight excluding hydrogens is 300 g/mol. The molecule has 1 saturated carbocycles. The normalized spacial score (nSPS) is 29.8. The molecular formula is C21H36O3. The predicted molar refractivity (Wildman–Crippen MR) is 99.8 cm³/mol. The van der Waals surface area contributed by atoms with Crippen molar-refractivity contribution >= 4 is 5.97 Å². The van der Waals surface area contributed by atoms with E-state index in [4.69, 9.17) is 4.74 Å². The Balaban J connectivity index is 3.20. The van der Waals surface area contributed by atoms with Crippen molar-refractivity contribution in [3.8, 4) is 0 Å². The van der Waals surface area contributed by atoms with Crippen LogP contribution in [0.25, 0.3) is 0 Å². The van der Waals surface area contributed by atoms with E-state index in [9.17, 15) is 9.90 Å². The lowest BCUT2D eigenvalue weighted by molar-refractivity contribution is -0.178. The van der Waals surface area contributed by atoms with E-state index in [1.165, 1.54) is 25.7 Å². The Kier molecular flexibility index (Phi) is 9.35. The van der Waals surface area contributed by atoms with E-state index in [-0.39, 0.29) is 5.97 Å². The van der Waals surface area contributed by atoms with Crippen LogP contribution < -0.4 is 0 Å². The highest BCUT2D eigenvalue weighted by molar-refractivity contribution is 5.79. The van der Waals surface area contributed by atoms with Crippen molar-refractivity contribution in [2.45, 2.75) is 89.6 Å². The molecule has 1 N–H and O–H groups in total. The van der Waals surface area contributed by atoms with E-state index in [0.29, 0.717) is 32.3 Å². The van der Waals surface area contributed by atoms with Crippen LogP contribution in [-0.4, -0.2) is 23.3 Å². The Morgan fingerprint density at radius 1 is 0.958 bits per heavy atom. The lowest BCUT2D eigenvalue weighted by Crippen LogP contribution is -2.54. The van der Waals surface area contributed by atoms with E-state index in [1.54, 1.807) is 12.2 Å². The molecule has 1 rings (SSSR count). The number of carbonyl (C=O) groups is 1. The summed E-state index contributed by atoms with van der Waals surface area (Å²) in [4.78, 5) is 13.0. The molecule has 0 aromatic carbocycles. The van der Waals surface area contributed by atoms with Crippen molar-refractivity contribution < 1.29 is 14.6 Å². The fraction of sp³-hybridized carbons (Fsp3) is 0.762. The second kappa shape index (κ2) is 10.7. The molecule has 0 amide bonds. The van der Waals surface area contributed by atoms with Gasteiger partial charge in [-0.2, -0.15) is 0 Å². The van der Waals surface area contributed by atoms with Crippen LogP contribution in [0.15, 0.2) is 25.3 Å². The van der Waals surface area contributed by atoms with Crippen molar-refractivity contribution in [2.24, 2.45) is 5.41 Å². The summed E-state index contributed by atoms with van der Waals surface area (Å²) in [5, 5.41) is 11.6. The minimum atomic E-state index is -1.10. The number of aliphatic hydroxyl groups is 1. The number of allylic oxidation sites excluding steroid dienone is 1. The lowest BCUT2D eigenvalue weighted by Gasteiger charge is -2.45. The highest BCUT2D eigenvalue weighted by atomic mass is 16.5. The fourth-order valence-electron chi connectivity index (χ4n) is 4.10. The summed E-state index contributed by atoms with van der Waals surface area (Å²) >= 11 is 0. The van der Waals surface area contributed by atoms with Crippen LogP contribution in [0.3, 0.4) is 0 Å². The summed E-state index contributed by atoms with van der Waals surface area (Å²) in [5.41, 5.74) is -2.01. The number of hydrogen-bond acceptors (Lipinski definition) is 3.